The highest BCUT2D eigenvalue weighted by Crippen LogP contribution is 2.21. The predicted octanol–water partition coefficient (Wildman–Crippen LogP) is 3.96. The van der Waals surface area contributed by atoms with E-state index in [9.17, 15) is 4.79 Å². The summed E-state index contributed by atoms with van der Waals surface area (Å²) in [4.78, 5) is 11.9. The van der Waals surface area contributed by atoms with Crippen molar-refractivity contribution < 1.29 is 4.79 Å². The van der Waals surface area contributed by atoms with Crippen LogP contribution in [0.3, 0.4) is 0 Å². The summed E-state index contributed by atoms with van der Waals surface area (Å²) in [5.74, 6) is 0.0918. The lowest BCUT2D eigenvalue weighted by Gasteiger charge is -2.16. The fourth-order valence-corrected chi connectivity index (χ4v) is 3.35. The molecule has 2 rings (SSSR count). The van der Waals surface area contributed by atoms with Gasteiger partial charge in [0.15, 0.2) is 0 Å². The molecule has 0 heterocycles. The van der Waals surface area contributed by atoms with Gasteiger partial charge in [-0.2, -0.15) is 0 Å². The first-order chi connectivity index (χ1) is 10.6. The molecular formula is C17H24Cl2N2O. The molecule has 1 saturated carbocycles. The standard InChI is InChI=1S/C17H24Cl2N2O/c18-14-8-7-13(16(19)11-14)9-10-20-12-17(22)21-15-5-3-1-2-4-6-15/h7-8,11,15,20H,1-6,9-10,12H2,(H,21,22). The maximum absolute atomic E-state index is 11.9. The summed E-state index contributed by atoms with van der Waals surface area (Å²) >= 11 is 12.0. The molecule has 0 radical (unpaired) electrons. The van der Waals surface area contributed by atoms with Crippen molar-refractivity contribution in [2.45, 2.75) is 51.0 Å². The number of benzene rings is 1. The Labute approximate surface area is 142 Å². The zero-order valence-corrected chi connectivity index (χ0v) is 14.3. The van der Waals surface area contributed by atoms with E-state index in [-0.39, 0.29) is 5.91 Å². The first-order valence-electron chi connectivity index (χ1n) is 8.09. The van der Waals surface area contributed by atoms with Crippen molar-refractivity contribution in [1.29, 1.82) is 0 Å². The summed E-state index contributed by atoms with van der Waals surface area (Å²) in [7, 11) is 0. The van der Waals surface area contributed by atoms with Crippen LogP contribution in [0.2, 0.25) is 10.0 Å². The van der Waals surface area contributed by atoms with Gasteiger partial charge in [0.05, 0.1) is 6.54 Å². The van der Waals surface area contributed by atoms with Crippen LogP contribution in [0.1, 0.15) is 44.1 Å². The lowest BCUT2D eigenvalue weighted by molar-refractivity contribution is -0.121. The van der Waals surface area contributed by atoms with E-state index in [0.717, 1.165) is 31.4 Å². The van der Waals surface area contributed by atoms with Crippen molar-refractivity contribution in [2.75, 3.05) is 13.1 Å². The highest BCUT2D eigenvalue weighted by molar-refractivity contribution is 6.35. The molecule has 5 heteroatoms. The third kappa shape index (κ3) is 6.15. The average molecular weight is 343 g/mol. The Kier molecular flexibility index (Phi) is 7.50. The first-order valence-corrected chi connectivity index (χ1v) is 8.85. The van der Waals surface area contributed by atoms with E-state index in [0.29, 0.717) is 22.6 Å². The molecule has 1 aliphatic carbocycles. The maximum atomic E-state index is 11.9. The van der Waals surface area contributed by atoms with Crippen LogP contribution >= 0.6 is 23.2 Å². The van der Waals surface area contributed by atoms with Gasteiger partial charge < -0.3 is 10.6 Å². The Morgan fingerprint density at radius 1 is 1.14 bits per heavy atom. The van der Waals surface area contributed by atoms with Crippen LogP contribution < -0.4 is 10.6 Å². The van der Waals surface area contributed by atoms with Gasteiger partial charge in [-0.3, -0.25) is 4.79 Å². The molecule has 1 amide bonds. The number of nitrogens with one attached hydrogen (secondary N) is 2. The topological polar surface area (TPSA) is 41.1 Å². The molecule has 0 aromatic heterocycles. The van der Waals surface area contributed by atoms with Crippen molar-refractivity contribution in [3.05, 3.63) is 33.8 Å². The third-order valence-electron chi connectivity index (χ3n) is 4.09. The highest BCUT2D eigenvalue weighted by Gasteiger charge is 2.14. The number of carbonyl (C=O) groups is 1. The van der Waals surface area contributed by atoms with Crippen molar-refractivity contribution in [3.8, 4) is 0 Å². The molecule has 1 fully saturated rings. The number of hydrogen-bond donors (Lipinski definition) is 2. The molecule has 0 aliphatic heterocycles. The maximum Gasteiger partial charge on any atom is 0.234 e. The van der Waals surface area contributed by atoms with Crippen LogP contribution in [0.5, 0.6) is 0 Å². The van der Waals surface area contributed by atoms with E-state index >= 15 is 0 Å². The Morgan fingerprint density at radius 2 is 1.86 bits per heavy atom. The van der Waals surface area contributed by atoms with Crippen molar-refractivity contribution in [1.82, 2.24) is 10.6 Å². The summed E-state index contributed by atoms with van der Waals surface area (Å²) in [5, 5.41) is 7.63. The van der Waals surface area contributed by atoms with Gasteiger partial charge in [-0.15, -0.1) is 0 Å². The lowest BCUT2D eigenvalue weighted by atomic mass is 10.1. The van der Waals surface area contributed by atoms with Crippen LogP contribution in [-0.2, 0) is 11.2 Å². The number of amides is 1. The zero-order chi connectivity index (χ0) is 15.8. The summed E-state index contributed by atoms with van der Waals surface area (Å²) in [6.45, 7) is 1.08. The van der Waals surface area contributed by atoms with Gasteiger partial charge in [-0.1, -0.05) is 55.0 Å². The quantitative estimate of drug-likeness (QED) is 0.606. The van der Waals surface area contributed by atoms with Crippen LogP contribution in [0, 0.1) is 0 Å². The lowest BCUT2D eigenvalue weighted by Crippen LogP contribution is -2.40. The smallest absolute Gasteiger partial charge is 0.234 e. The van der Waals surface area contributed by atoms with Gasteiger partial charge in [0, 0.05) is 16.1 Å². The summed E-state index contributed by atoms with van der Waals surface area (Å²) in [5.41, 5.74) is 1.04. The number of rotatable bonds is 6. The molecule has 1 aromatic rings. The minimum Gasteiger partial charge on any atom is -0.352 e. The Bertz CT molecular complexity index is 486. The van der Waals surface area contributed by atoms with Gasteiger partial charge in [0.2, 0.25) is 5.91 Å². The van der Waals surface area contributed by atoms with Gasteiger partial charge in [0.25, 0.3) is 0 Å². The molecule has 0 saturated heterocycles. The zero-order valence-electron chi connectivity index (χ0n) is 12.8. The average Bonchev–Trinajstić information content (AvgIpc) is 2.74. The van der Waals surface area contributed by atoms with E-state index in [1.54, 1.807) is 6.07 Å². The second-order valence-electron chi connectivity index (χ2n) is 5.92. The van der Waals surface area contributed by atoms with Crippen molar-refractivity contribution in [2.24, 2.45) is 0 Å². The monoisotopic (exact) mass is 342 g/mol. The van der Waals surface area contributed by atoms with Crippen LogP contribution in [-0.4, -0.2) is 25.0 Å². The molecule has 22 heavy (non-hydrogen) atoms. The fraction of sp³-hybridized carbons (Fsp3) is 0.588. The van der Waals surface area contributed by atoms with Crippen LogP contribution in [0.15, 0.2) is 18.2 Å². The van der Waals surface area contributed by atoms with E-state index in [4.69, 9.17) is 23.2 Å². The third-order valence-corrected chi connectivity index (χ3v) is 4.68. The Hall–Kier alpha value is -0.770. The van der Waals surface area contributed by atoms with E-state index in [2.05, 4.69) is 10.6 Å². The second kappa shape index (κ2) is 9.39. The number of carbonyl (C=O) groups excluding carboxylic acids is 1. The normalized spacial score (nSPS) is 16.3. The molecule has 0 spiro atoms. The van der Waals surface area contributed by atoms with E-state index in [1.165, 1.54) is 25.7 Å². The van der Waals surface area contributed by atoms with Crippen LogP contribution in [0.25, 0.3) is 0 Å². The van der Waals surface area contributed by atoms with Gasteiger partial charge >= 0.3 is 0 Å². The molecule has 3 nitrogen and oxygen atoms in total. The van der Waals surface area contributed by atoms with E-state index in [1.807, 2.05) is 12.1 Å². The first kappa shape index (κ1) is 17.6. The van der Waals surface area contributed by atoms with Gasteiger partial charge in [-0.05, 0) is 43.5 Å². The summed E-state index contributed by atoms with van der Waals surface area (Å²) in [6, 6.07) is 5.87. The molecule has 1 aliphatic rings. The number of halogens is 2. The Morgan fingerprint density at radius 3 is 2.55 bits per heavy atom. The van der Waals surface area contributed by atoms with Crippen LogP contribution in [0.4, 0.5) is 0 Å². The Balaban J connectivity index is 1.64. The molecule has 0 unspecified atom stereocenters. The van der Waals surface area contributed by atoms with Gasteiger partial charge in [-0.25, -0.2) is 0 Å². The number of hydrogen-bond acceptors (Lipinski definition) is 2. The molecule has 122 valence electrons. The largest absolute Gasteiger partial charge is 0.352 e. The SMILES string of the molecule is O=C(CNCCc1ccc(Cl)cc1Cl)NC1CCCCCC1. The minimum atomic E-state index is 0.0918. The minimum absolute atomic E-state index is 0.0918. The van der Waals surface area contributed by atoms with Crippen molar-refractivity contribution >= 4 is 29.1 Å². The second-order valence-corrected chi connectivity index (χ2v) is 6.76. The molecule has 1 aromatic carbocycles. The summed E-state index contributed by atoms with van der Waals surface area (Å²) in [6.07, 6.45) is 8.07. The van der Waals surface area contributed by atoms with Gasteiger partial charge in [0.1, 0.15) is 0 Å². The molecule has 0 atom stereocenters. The molecule has 2 N–H and O–H groups in total. The summed E-state index contributed by atoms with van der Waals surface area (Å²) < 4.78 is 0. The van der Waals surface area contributed by atoms with E-state index < -0.39 is 0 Å². The molecule has 0 bridgehead atoms. The fourth-order valence-electron chi connectivity index (χ4n) is 2.85. The predicted molar refractivity (Wildman–Crippen MR) is 92.7 cm³/mol. The highest BCUT2D eigenvalue weighted by atomic mass is 35.5. The molecular weight excluding hydrogens is 319 g/mol. The van der Waals surface area contributed by atoms with Crippen molar-refractivity contribution in [3.63, 3.8) is 0 Å².